The lowest BCUT2D eigenvalue weighted by molar-refractivity contribution is -0.418. The van der Waals surface area contributed by atoms with E-state index in [9.17, 15) is 72.3 Å². The molecule has 46 heavy (non-hydrogen) atoms. The highest BCUT2D eigenvalue weighted by Crippen LogP contribution is 2.57. The summed E-state index contributed by atoms with van der Waals surface area (Å²) in [5, 5.41) is 40.9. The number of carboxylic acids is 5. The van der Waals surface area contributed by atoms with Gasteiger partial charge in [-0.2, -0.15) is 48.3 Å². The molecule has 26 heteroatoms. The maximum Gasteiger partial charge on any atom is 0.460 e. The zero-order valence-electron chi connectivity index (χ0n) is 23.1. The summed E-state index contributed by atoms with van der Waals surface area (Å²) in [6, 6.07) is 5.48. The van der Waals surface area contributed by atoms with E-state index in [0.29, 0.717) is 12.8 Å². The Morgan fingerprint density at radius 2 is 0.783 bits per heavy atom. The average Bonchev–Trinajstić information content (AvgIpc) is 2.81. The third-order valence-corrected chi connectivity index (χ3v) is 4.23. The molecule has 0 saturated heterocycles. The summed E-state index contributed by atoms with van der Waals surface area (Å²) in [5.41, 5.74) is -0.380. The van der Waals surface area contributed by atoms with E-state index in [1.165, 1.54) is 24.3 Å². The Balaban J connectivity index is -0.0000000990. The summed E-state index contributed by atoms with van der Waals surface area (Å²) in [6.45, 7) is 0. The van der Waals surface area contributed by atoms with Crippen molar-refractivity contribution in [2.24, 2.45) is 0 Å². The van der Waals surface area contributed by atoms with Crippen LogP contribution in [0.25, 0.3) is 0 Å². The van der Waals surface area contributed by atoms with Gasteiger partial charge in [0.05, 0.1) is 11.1 Å². The zero-order chi connectivity index (χ0) is 33.2. The molecular weight excluding hydrogens is 679 g/mol. The van der Waals surface area contributed by atoms with Crippen LogP contribution in [-0.2, 0) is 14.4 Å². The quantitative estimate of drug-likeness (QED) is 0.0959. The first-order valence-electron chi connectivity index (χ1n) is 10.0. The number of benzene rings is 1. The minimum atomic E-state index is -7.68. The molecule has 274 valence electrons. The van der Waals surface area contributed by atoms with Crippen LogP contribution in [0.2, 0.25) is 0 Å². The summed E-state index contributed by atoms with van der Waals surface area (Å²) in [4.78, 5) is 50.3. The molecule has 0 amide bonds. The molecule has 0 radical (unpaired) electrons. The number of aliphatic carboxylic acids is 3. The number of carbonyl (C=O) groups is 5. The van der Waals surface area contributed by atoms with E-state index < -0.39 is 59.7 Å². The van der Waals surface area contributed by atoms with Crippen LogP contribution >= 0.6 is 0 Å². The van der Waals surface area contributed by atoms with Gasteiger partial charge in [0.1, 0.15) is 0 Å². The Labute approximate surface area is 250 Å². The van der Waals surface area contributed by atoms with Gasteiger partial charge in [-0.25, -0.2) is 14.4 Å². The van der Waals surface area contributed by atoms with E-state index in [1.807, 2.05) is 0 Å². The molecule has 0 aliphatic heterocycles. The van der Waals surface area contributed by atoms with Gasteiger partial charge in [0.15, 0.2) is 0 Å². The van der Waals surface area contributed by atoms with Crippen LogP contribution in [0.1, 0.15) is 46.4 Å². The van der Waals surface area contributed by atoms with Crippen LogP contribution in [0.3, 0.4) is 0 Å². The lowest BCUT2D eigenvalue weighted by Gasteiger charge is -2.35. The standard InChI is InChI=1S/C8H6O4.C6HF11O2.C6H10O4.5H3N/c9-7(10)5-3-1-2-4-6(5)8(11)12;7-2(8,1(18)19)3(9,10)4(11,12)5(13,14)6(15,16)17;7-5(8)3-1-2-4-6(9)10;;;;;/h1-4H,(H,9,10)(H,11,12);(H,18,19);1-4H2,(H,7,8)(H,9,10);5*1H3. The Morgan fingerprint density at radius 3 is 0.978 bits per heavy atom. The zero-order valence-corrected chi connectivity index (χ0v) is 23.1. The molecule has 0 bridgehead atoms. The lowest BCUT2D eigenvalue weighted by Crippen LogP contribution is -2.68. The average molecular weight is 711 g/mol. The number of halogens is 11. The van der Waals surface area contributed by atoms with Gasteiger partial charge < -0.3 is 56.3 Å². The van der Waals surface area contributed by atoms with Crippen LogP contribution in [0.4, 0.5) is 48.3 Å². The fourth-order valence-electron chi connectivity index (χ4n) is 2.12. The fourth-order valence-corrected chi connectivity index (χ4v) is 2.12. The Bertz CT molecular complexity index is 1080. The van der Waals surface area contributed by atoms with Crippen LogP contribution in [0, 0.1) is 0 Å². The smallest absolute Gasteiger partial charge is 0.460 e. The molecule has 0 saturated carbocycles. The van der Waals surface area contributed by atoms with Crippen molar-refractivity contribution in [2.45, 2.75) is 55.5 Å². The topological polar surface area (TPSA) is 362 Å². The van der Waals surface area contributed by atoms with E-state index in [1.54, 1.807) is 0 Å². The number of hydrogen-bond donors (Lipinski definition) is 10. The maximum atomic E-state index is 12.4. The van der Waals surface area contributed by atoms with E-state index in [2.05, 4.69) is 0 Å². The first-order valence-corrected chi connectivity index (χ1v) is 10.0. The van der Waals surface area contributed by atoms with Crippen molar-refractivity contribution >= 4 is 29.8 Å². The van der Waals surface area contributed by atoms with Gasteiger partial charge in [-0.1, -0.05) is 12.1 Å². The molecule has 0 aromatic heterocycles. The normalized spacial score (nSPS) is 10.8. The molecule has 1 rings (SSSR count). The van der Waals surface area contributed by atoms with Crippen molar-refractivity contribution in [1.29, 1.82) is 0 Å². The molecule has 0 heterocycles. The van der Waals surface area contributed by atoms with Gasteiger partial charge in [0.2, 0.25) is 0 Å². The monoisotopic (exact) mass is 711 g/mol. The Hall–Kier alpha value is -4.40. The van der Waals surface area contributed by atoms with E-state index >= 15 is 0 Å². The predicted octanol–water partition coefficient (Wildman–Crippen LogP) is 5.78. The van der Waals surface area contributed by atoms with Crippen molar-refractivity contribution < 1.29 is 97.8 Å². The second-order valence-electron chi connectivity index (χ2n) is 7.25. The number of alkyl halides is 11. The molecule has 20 N–H and O–H groups in total. The first kappa shape index (κ1) is 57.3. The third-order valence-electron chi connectivity index (χ3n) is 4.23. The summed E-state index contributed by atoms with van der Waals surface area (Å²) in [7, 11) is 0. The highest BCUT2D eigenvalue weighted by atomic mass is 19.4. The summed E-state index contributed by atoms with van der Waals surface area (Å²) in [5.74, 6) is -37.8. The van der Waals surface area contributed by atoms with Crippen molar-refractivity contribution in [2.75, 3.05) is 0 Å². The highest BCUT2D eigenvalue weighted by Gasteiger charge is 2.88. The Morgan fingerprint density at radius 1 is 0.500 bits per heavy atom. The first-order chi connectivity index (χ1) is 18.2. The van der Waals surface area contributed by atoms with E-state index in [4.69, 9.17) is 25.5 Å². The molecular formula is C20H32F11N5O10. The molecule has 0 aliphatic rings. The molecule has 0 atom stereocenters. The molecule has 0 spiro atoms. The highest BCUT2D eigenvalue weighted by molar-refractivity contribution is 6.01. The predicted molar refractivity (Wildman–Crippen MR) is 133 cm³/mol. The molecule has 1 aromatic carbocycles. The summed E-state index contributed by atoms with van der Waals surface area (Å²) >= 11 is 0. The largest absolute Gasteiger partial charge is 0.481 e. The number of hydrogen-bond acceptors (Lipinski definition) is 10. The van der Waals surface area contributed by atoms with Gasteiger partial charge in [-0.15, -0.1) is 0 Å². The summed E-state index contributed by atoms with van der Waals surface area (Å²) < 4.78 is 133. The molecule has 0 aliphatic carbocycles. The second-order valence-corrected chi connectivity index (χ2v) is 7.25. The number of rotatable bonds is 11. The van der Waals surface area contributed by atoms with Crippen LogP contribution in [0.15, 0.2) is 24.3 Å². The minimum absolute atomic E-state index is 0. The van der Waals surface area contributed by atoms with Crippen LogP contribution in [-0.4, -0.2) is 85.2 Å². The number of unbranched alkanes of at least 4 members (excludes halogenated alkanes) is 1. The number of carboxylic acid groups (broad SMARTS) is 5. The fraction of sp³-hybridized carbons (Fsp3) is 0.450. The third kappa shape index (κ3) is 14.6. The summed E-state index contributed by atoms with van der Waals surface area (Å²) in [6.07, 6.45) is -6.28. The molecule has 0 fully saturated rings. The molecule has 15 nitrogen and oxygen atoms in total. The van der Waals surface area contributed by atoms with Crippen LogP contribution in [0.5, 0.6) is 0 Å². The maximum absolute atomic E-state index is 12.4. The van der Waals surface area contributed by atoms with Crippen molar-refractivity contribution in [3.05, 3.63) is 35.4 Å². The molecule has 1 aromatic rings. The van der Waals surface area contributed by atoms with Crippen molar-refractivity contribution in [3.8, 4) is 0 Å². The minimum Gasteiger partial charge on any atom is -0.481 e. The van der Waals surface area contributed by atoms with Gasteiger partial charge >= 0.3 is 59.7 Å². The SMILES string of the molecule is N.N.N.N.N.O=C(O)C(F)(F)C(F)(F)C(F)(F)C(F)(F)C(F)(F)F.O=C(O)CCCCC(=O)O.O=C(O)c1ccccc1C(=O)O. The van der Waals surface area contributed by atoms with Gasteiger partial charge in [0, 0.05) is 12.8 Å². The van der Waals surface area contributed by atoms with Gasteiger partial charge in [-0.3, -0.25) is 9.59 Å². The van der Waals surface area contributed by atoms with E-state index in [0.717, 1.165) is 0 Å². The Kier molecular flexibility index (Phi) is 26.6. The number of aromatic carboxylic acids is 2. The van der Waals surface area contributed by atoms with E-state index in [-0.39, 0.29) is 54.7 Å². The van der Waals surface area contributed by atoms with Crippen molar-refractivity contribution in [3.63, 3.8) is 0 Å². The van der Waals surface area contributed by atoms with Crippen molar-refractivity contribution in [1.82, 2.24) is 30.8 Å². The van der Waals surface area contributed by atoms with Crippen LogP contribution < -0.4 is 30.8 Å². The molecule has 0 unspecified atom stereocenters. The van der Waals surface area contributed by atoms with Gasteiger partial charge in [0.25, 0.3) is 0 Å². The lowest BCUT2D eigenvalue weighted by atomic mass is 9.98. The second kappa shape index (κ2) is 21.4. The van der Waals surface area contributed by atoms with Gasteiger partial charge in [-0.05, 0) is 25.0 Å².